The van der Waals surface area contributed by atoms with E-state index in [0.717, 1.165) is 38.8 Å². The molecule has 0 aliphatic carbocycles. The summed E-state index contributed by atoms with van der Waals surface area (Å²) in [5, 5.41) is 9.46. The van der Waals surface area contributed by atoms with Crippen molar-refractivity contribution < 1.29 is 38.1 Å². The highest BCUT2D eigenvalue weighted by Gasteiger charge is 2.38. The lowest BCUT2D eigenvalue weighted by Crippen LogP contribution is -2.50. The lowest BCUT2D eigenvalue weighted by molar-refractivity contribution is -0.190. The van der Waals surface area contributed by atoms with Crippen molar-refractivity contribution in [3.8, 4) is 6.07 Å². The van der Waals surface area contributed by atoms with Crippen molar-refractivity contribution in [1.29, 1.82) is 5.26 Å². The van der Waals surface area contributed by atoms with Gasteiger partial charge >= 0.3 is 23.9 Å². The van der Waals surface area contributed by atoms with Gasteiger partial charge in [0, 0.05) is 27.7 Å². The first-order valence-corrected chi connectivity index (χ1v) is 10.9. The van der Waals surface area contributed by atoms with Crippen LogP contribution < -0.4 is 5.56 Å². The Morgan fingerprint density at radius 1 is 0.917 bits per heavy atom. The van der Waals surface area contributed by atoms with Gasteiger partial charge in [0.2, 0.25) is 5.69 Å². The van der Waals surface area contributed by atoms with Gasteiger partial charge in [-0.15, -0.1) is 0 Å². The van der Waals surface area contributed by atoms with E-state index in [1.165, 1.54) is 4.57 Å². The Kier molecular flexibility index (Phi) is 9.26. The van der Waals surface area contributed by atoms with Gasteiger partial charge in [0.1, 0.15) is 12.7 Å². The normalized spacial score (nSPS) is 13.1. The molecule has 1 aromatic heterocycles. The molecule has 0 saturated heterocycles. The minimum absolute atomic E-state index is 0.338. The minimum atomic E-state index is -1.47. The van der Waals surface area contributed by atoms with Crippen LogP contribution in [0.5, 0.6) is 0 Å². The Morgan fingerprint density at radius 3 is 2.00 bits per heavy atom. The summed E-state index contributed by atoms with van der Waals surface area (Å²) in [4.78, 5) is 64.4. The summed E-state index contributed by atoms with van der Waals surface area (Å²) >= 11 is 0. The molecule has 0 saturated carbocycles. The van der Waals surface area contributed by atoms with Crippen molar-refractivity contribution in [1.82, 2.24) is 9.55 Å². The fourth-order valence-corrected chi connectivity index (χ4v) is 3.54. The number of aryl methyl sites for hydroxylation is 2. The smallest absolute Gasteiger partial charge is 0.303 e. The number of aromatic nitrogens is 2. The third-order valence-corrected chi connectivity index (χ3v) is 5.15. The first-order chi connectivity index (χ1) is 16.8. The first-order valence-electron chi connectivity index (χ1n) is 10.9. The molecule has 0 unspecified atom stereocenters. The van der Waals surface area contributed by atoms with Crippen LogP contribution in [0.3, 0.4) is 0 Å². The topological polar surface area (TPSA) is 164 Å². The SMILES string of the molecule is CC(=O)OC[C@@H](OC(C)=O)[C@@H](OC(C)=O)[C@H](Cn1c(=O)c(C#N)nc2cc(C)c(C)cc21)OC(C)=O. The molecule has 0 spiro atoms. The number of rotatable bonds is 9. The number of hydrogen-bond donors (Lipinski definition) is 0. The number of hydrogen-bond acceptors (Lipinski definition) is 11. The van der Waals surface area contributed by atoms with Crippen LogP contribution in [0.25, 0.3) is 11.0 Å². The van der Waals surface area contributed by atoms with Crippen LogP contribution in [0, 0.1) is 25.2 Å². The van der Waals surface area contributed by atoms with Gasteiger partial charge in [0.25, 0.3) is 5.56 Å². The van der Waals surface area contributed by atoms with Gasteiger partial charge in [-0.1, -0.05) is 0 Å². The van der Waals surface area contributed by atoms with Gasteiger partial charge in [0.05, 0.1) is 17.6 Å². The molecule has 0 amide bonds. The highest BCUT2D eigenvalue weighted by molar-refractivity contribution is 5.77. The molecule has 0 bridgehead atoms. The summed E-state index contributed by atoms with van der Waals surface area (Å²) in [5.41, 5.74) is 1.22. The molecule has 2 aromatic rings. The molecular formula is C24H27N3O9. The summed E-state index contributed by atoms with van der Waals surface area (Å²) in [5.74, 6) is -3.08. The van der Waals surface area contributed by atoms with Crippen molar-refractivity contribution in [3.63, 3.8) is 0 Å². The molecule has 192 valence electrons. The number of nitrogens with zero attached hydrogens (tertiary/aromatic N) is 3. The maximum atomic E-state index is 13.1. The molecule has 36 heavy (non-hydrogen) atoms. The van der Waals surface area contributed by atoms with E-state index in [9.17, 15) is 29.2 Å². The average molecular weight is 501 g/mol. The monoisotopic (exact) mass is 501 g/mol. The minimum Gasteiger partial charge on any atom is -0.462 e. The van der Waals surface area contributed by atoms with Gasteiger partial charge in [-0.3, -0.25) is 24.0 Å². The molecule has 2 rings (SSSR count). The van der Waals surface area contributed by atoms with Crippen molar-refractivity contribution >= 4 is 34.9 Å². The van der Waals surface area contributed by atoms with Gasteiger partial charge in [-0.25, -0.2) is 4.98 Å². The maximum absolute atomic E-state index is 13.1. The molecule has 0 radical (unpaired) electrons. The third kappa shape index (κ3) is 7.11. The van der Waals surface area contributed by atoms with E-state index in [0.29, 0.717) is 11.0 Å². The molecule has 3 atom stereocenters. The van der Waals surface area contributed by atoms with Crippen LogP contribution in [-0.2, 0) is 44.7 Å². The van der Waals surface area contributed by atoms with Gasteiger partial charge < -0.3 is 23.5 Å². The second-order valence-corrected chi connectivity index (χ2v) is 8.09. The molecule has 0 aliphatic heterocycles. The number of nitriles is 1. The second-order valence-electron chi connectivity index (χ2n) is 8.09. The zero-order valence-corrected chi connectivity index (χ0v) is 20.8. The van der Waals surface area contributed by atoms with Gasteiger partial charge in [-0.2, -0.15) is 5.26 Å². The Hall–Kier alpha value is -4.27. The molecule has 0 aliphatic rings. The predicted octanol–water partition coefficient (Wildman–Crippen LogP) is 1.24. The highest BCUT2D eigenvalue weighted by Crippen LogP contribution is 2.21. The molecule has 0 N–H and O–H groups in total. The second kappa shape index (κ2) is 11.9. The fraction of sp³-hybridized carbons (Fsp3) is 0.458. The van der Waals surface area contributed by atoms with E-state index in [4.69, 9.17) is 18.9 Å². The van der Waals surface area contributed by atoms with Crippen LogP contribution in [-0.4, -0.2) is 58.3 Å². The number of carbonyl (C=O) groups excluding carboxylic acids is 4. The molecular weight excluding hydrogens is 474 g/mol. The molecule has 12 heteroatoms. The Labute approximate surface area is 206 Å². The number of esters is 4. The van der Waals surface area contributed by atoms with Gasteiger partial charge in [0.15, 0.2) is 18.3 Å². The van der Waals surface area contributed by atoms with E-state index < -0.39 is 66.6 Å². The first kappa shape index (κ1) is 28.0. The number of fused-ring (bicyclic) bond motifs is 1. The average Bonchev–Trinajstić information content (AvgIpc) is 2.76. The summed E-state index contributed by atoms with van der Waals surface area (Å²) in [6.45, 7) is 7.17. The molecule has 1 heterocycles. The fourth-order valence-electron chi connectivity index (χ4n) is 3.54. The molecule has 1 aromatic carbocycles. The zero-order valence-electron chi connectivity index (χ0n) is 20.8. The largest absolute Gasteiger partial charge is 0.462 e. The van der Waals surface area contributed by atoms with E-state index in [-0.39, 0.29) is 0 Å². The van der Waals surface area contributed by atoms with E-state index in [1.807, 2.05) is 13.8 Å². The zero-order chi connectivity index (χ0) is 27.2. The van der Waals surface area contributed by atoms with Crippen LogP contribution in [0.15, 0.2) is 16.9 Å². The van der Waals surface area contributed by atoms with Crippen LogP contribution in [0.2, 0.25) is 0 Å². The number of benzene rings is 1. The van der Waals surface area contributed by atoms with E-state index >= 15 is 0 Å². The van der Waals surface area contributed by atoms with Crippen molar-refractivity contribution in [2.45, 2.75) is 66.4 Å². The van der Waals surface area contributed by atoms with Crippen molar-refractivity contribution in [2.75, 3.05) is 6.61 Å². The summed E-state index contributed by atoms with van der Waals surface area (Å²) in [6, 6.07) is 5.15. The lowest BCUT2D eigenvalue weighted by atomic mass is 10.1. The predicted molar refractivity (Wildman–Crippen MR) is 123 cm³/mol. The van der Waals surface area contributed by atoms with E-state index in [1.54, 1.807) is 18.2 Å². The third-order valence-electron chi connectivity index (χ3n) is 5.15. The summed E-state index contributed by atoms with van der Waals surface area (Å²) < 4.78 is 22.1. The van der Waals surface area contributed by atoms with Gasteiger partial charge in [-0.05, 0) is 37.1 Å². The van der Waals surface area contributed by atoms with Crippen LogP contribution in [0.4, 0.5) is 0 Å². The highest BCUT2D eigenvalue weighted by atomic mass is 16.6. The summed E-state index contributed by atoms with van der Waals surface area (Å²) in [7, 11) is 0. The number of ether oxygens (including phenoxy) is 4. The molecule has 0 fully saturated rings. The standard InChI is InChI=1S/C24H27N3O9/c1-12-7-18-20(8-13(12)2)27(24(32)19(9-25)26-18)10-21(34-15(4)29)23(36-17(6)31)22(35-16(5)30)11-33-14(3)28/h7-8,21-23H,10-11H2,1-6H3/t21-,22+,23-/m0/s1. The lowest BCUT2D eigenvalue weighted by Gasteiger charge is -2.32. The number of carbonyl (C=O) groups is 4. The summed E-state index contributed by atoms with van der Waals surface area (Å²) in [6.07, 6.45) is -4.23. The van der Waals surface area contributed by atoms with Crippen LogP contribution >= 0.6 is 0 Å². The van der Waals surface area contributed by atoms with E-state index in [2.05, 4.69) is 4.98 Å². The maximum Gasteiger partial charge on any atom is 0.303 e. The molecule has 12 nitrogen and oxygen atoms in total. The van der Waals surface area contributed by atoms with Crippen LogP contribution in [0.1, 0.15) is 44.5 Å². The quantitative estimate of drug-likeness (QED) is 0.359. The van der Waals surface area contributed by atoms with Crippen molar-refractivity contribution in [3.05, 3.63) is 39.3 Å². The Bertz CT molecular complexity index is 1290. The van der Waals surface area contributed by atoms with Crippen molar-refractivity contribution in [2.24, 2.45) is 0 Å². The Morgan fingerprint density at radius 2 is 1.47 bits per heavy atom. The Balaban J connectivity index is 2.72.